The molecule has 0 aliphatic rings. The highest BCUT2D eigenvalue weighted by molar-refractivity contribution is 7.89. The van der Waals surface area contributed by atoms with Crippen LogP contribution in [0.3, 0.4) is 0 Å². The molecule has 1 aromatic heterocycles. The summed E-state index contributed by atoms with van der Waals surface area (Å²) >= 11 is 1.05. The summed E-state index contributed by atoms with van der Waals surface area (Å²) < 4.78 is 23.8. The molecule has 116 valence electrons. The standard InChI is InChI=1S/C12H12N4O4S2/c1-8(17)13-12-14-10(7-21-12)11(18)15-16-22(19,20)9-5-3-2-4-6-9/h2-7,16H,1H3,(H,15,18)(H,13,14,17). The number of sulfonamides is 1. The summed E-state index contributed by atoms with van der Waals surface area (Å²) in [6.45, 7) is 1.31. The Morgan fingerprint density at radius 3 is 2.50 bits per heavy atom. The van der Waals surface area contributed by atoms with Crippen LogP contribution in [-0.2, 0) is 14.8 Å². The summed E-state index contributed by atoms with van der Waals surface area (Å²) in [6, 6.07) is 7.60. The maximum Gasteiger partial charge on any atom is 0.285 e. The first kappa shape index (κ1) is 16.1. The van der Waals surface area contributed by atoms with E-state index in [4.69, 9.17) is 0 Å². The van der Waals surface area contributed by atoms with Crippen LogP contribution in [0.2, 0.25) is 0 Å². The van der Waals surface area contributed by atoms with Crippen LogP contribution in [0, 0.1) is 0 Å². The lowest BCUT2D eigenvalue weighted by molar-refractivity contribution is -0.114. The van der Waals surface area contributed by atoms with Crippen LogP contribution in [0.5, 0.6) is 0 Å². The Kier molecular flexibility index (Phi) is 4.85. The minimum absolute atomic E-state index is 0.00971. The molecule has 22 heavy (non-hydrogen) atoms. The number of nitrogens with zero attached hydrogens (tertiary/aromatic N) is 1. The highest BCUT2D eigenvalue weighted by Crippen LogP contribution is 2.15. The molecule has 2 aromatic rings. The van der Waals surface area contributed by atoms with Crippen molar-refractivity contribution in [3.05, 3.63) is 41.4 Å². The highest BCUT2D eigenvalue weighted by atomic mass is 32.2. The Hall–Kier alpha value is -2.30. The zero-order valence-electron chi connectivity index (χ0n) is 11.4. The normalized spacial score (nSPS) is 11.0. The van der Waals surface area contributed by atoms with Crippen molar-refractivity contribution in [2.75, 3.05) is 5.32 Å². The van der Waals surface area contributed by atoms with Gasteiger partial charge in [0.1, 0.15) is 5.69 Å². The van der Waals surface area contributed by atoms with Gasteiger partial charge in [-0.15, -0.1) is 16.2 Å². The van der Waals surface area contributed by atoms with Gasteiger partial charge in [-0.05, 0) is 12.1 Å². The van der Waals surface area contributed by atoms with Crippen molar-refractivity contribution < 1.29 is 18.0 Å². The monoisotopic (exact) mass is 340 g/mol. The Labute approximate surface area is 130 Å². The topological polar surface area (TPSA) is 117 Å². The number of benzene rings is 1. The second-order valence-electron chi connectivity index (χ2n) is 4.09. The molecule has 0 saturated carbocycles. The van der Waals surface area contributed by atoms with E-state index in [1.54, 1.807) is 18.2 Å². The van der Waals surface area contributed by atoms with Crippen LogP contribution in [0.15, 0.2) is 40.6 Å². The molecule has 1 heterocycles. The van der Waals surface area contributed by atoms with Crippen LogP contribution >= 0.6 is 11.3 Å². The second kappa shape index (κ2) is 6.64. The van der Waals surface area contributed by atoms with Gasteiger partial charge in [0.2, 0.25) is 5.91 Å². The predicted molar refractivity (Wildman–Crippen MR) is 80.6 cm³/mol. The van der Waals surface area contributed by atoms with Gasteiger partial charge in [-0.25, -0.2) is 13.4 Å². The van der Waals surface area contributed by atoms with Crippen molar-refractivity contribution in [1.29, 1.82) is 0 Å². The molecular formula is C12H12N4O4S2. The van der Waals surface area contributed by atoms with Crippen molar-refractivity contribution in [1.82, 2.24) is 15.2 Å². The maximum atomic E-state index is 11.9. The van der Waals surface area contributed by atoms with Gasteiger partial charge in [0.25, 0.3) is 15.9 Å². The van der Waals surface area contributed by atoms with Gasteiger partial charge >= 0.3 is 0 Å². The molecule has 0 saturated heterocycles. The quantitative estimate of drug-likeness (QED) is 0.694. The molecule has 0 bridgehead atoms. The van der Waals surface area contributed by atoms with E-state index >= 15 is 0 Å². The lowest BCUT2D eigenvalue weighted by atomic mass is 10.4. The number of carbonyl (C=O) groups is 2. The average Bonchev–Trinajstić information content (AvgIpc) is 2.93. The zero-order valence-corrected chi connectivity index (χ0v) is 13.0. The van der Waals surface area contributed by atoms with Crippen molar-refractivity contribution >= 4 is 38.3 Å². The number of carbonyl (C=O) groups excluding carboxylic acids is 2. The molecule has 0 unspecified atom stereocenters. The Morgan fingerprint density at radius 2 is 1.86 bits per heavy atom. The number of anilines is 1. The Morgan fingerprint density at radius 1 is 1.18 bits per heavy atom. The maximum absolute atomic E-state index is 11.9. The minimum Gasteiger partial charge on any atom is -0.302 e. The summed E-state index contributed by atoms with van der Waals surface area (Å²) in [5.41, 5.74) is 2.05. The number of amides is 2. The van der Waals surface area contributed by atoms with Crippen molar-refractivity contribution in [2.45, 2.75) is 11.8 Å². The minimum atomic E-state index is -3.85. The zero-order chi connectivity index (χ0) is 16.2. The Balaban J connectivity index is 2.01. The van der Waals surface area contributed by atoms with Crippen LogP contribution < -0.4 is 15.6 Å². The number of hydrogen-bond donors (Lipinski definition) is 3. The van der Waals surface area contributed by atoms with E-state index in [0.29, 0.717) is 0 Å². The summed E-state index contributed by atoms with van der Waals surface area (Å²) in [7, 11) is -3.85. The van der Waals surface area contributed by atoms with E-state index < -0.39 is 15.9 Å². The van der Waals surface area contributed by atoms with Crippen LogP contribution in [0.1, 0.15) is 17.4 Å². The fourth-order valence-electron chi connectivity index (χ4n) is 1.42. The molecule has 0 spiro atoms. The van der Waals surface area contributed by atoms with Crippen molar-refractivity contribution in [3.63, 3.8) is 0 Å². The second-order valence-corrected chi connectivity index (χ2v) is 6.63. The third kappa shape index (κ3) is 4.10. The molecule has 8 nitrogen and oxygen atoms in total. The summed E-state index contributed by atoms with van der Waals surface area (Å²) in [5.74, 6) is -1.04. The van der Waals surface area contributed by atoms with Crippen molar-refractivity contribution in [2.24, 2.45) is 0 Å². The van der Waals surface area contributed by atoms with Gasteiger partial charge in [-0.1, -0.05) is 18.2 Å². The number of thiazole rings is 1. The Bertz CT molecular complexity index is 786. The van der Waals surface area contributed by atoms with E-state index in [2.05, 4.69) is 15.7 Å². The molecule has 0 aliphatic carbocycles. The number of nitrogens with one attached hydrogen (secondary N) is 3. The summed E-state index contributed by atoms with van der Waals surface area (Å²) in [6.07, 6.45) is 0. The molecule has 0 aliphatic heterocycles. The number of aromatic nitrogens is 1. The lowest BCUT2D eigenvalue weighted by Gasteiger charge is -2.06. The van der Waals surface area contributed by atoms with E-state index in [1.165, 1.54) is 24.4 Å². The third-order valence-corrected chi connectivity index (χ3v) is 4.39. The largest absolute Gasteiger partial charge is 0.302 e. The lowest BCUT2D eigenvalue weighted by Crippen LogP contribution is -2.41. The summed E-state index contributed by atoms with van der Waals surface area (Å²) in [5, 5.41) is 4.08. The highest BCUT2D eigenvalue weighted by Gasteiger charge is 2.17. The first-order chi connectivity index (χ1) is 10.4. The number of hydrogen-bond acceptors (Lipinski definition) is 6. The van der Waals surface area contributed by atoms with Crippen LogP contribution in [-0.4, -0.2) is 25.2 Å². The van der Waals surface area contributed by atoms with Gasteiger partial charge in [-0.3, -0.25) is 15.0 Å². The van der Waals surface area contributed by atoms with E-state index in [9.17, 15) is 18.0 Å². The smallest absolute Gasteiger partial charge is 0.285 e. The molecule has 0 fully saturated rings. The number of rotatable bonds is 5. The fraction of sp³-hybridized carbons (Fsp3) is 0.0833. The molecule has 0 radical (unpaired) electrons. The van der Waals surface area contributed by atoms with Gasteiger partial charge in [0.15, 0.2) is 5.13 Å². The molecule has 3 N–H and O–H groups in total. The van der Waals surface area contributed by atoms with Gasteiger partial charge in [-0.2, -0.15) is 0 Å². The first-order valence-electron chi connectivity index (χ1n) is 5.99. The molecule has 10 heteroatoms. The third-order valence-electron chi connectivity index (χ3n) is 2.37. The van der Waals surface area contributed by atoms with Crippen LogP contribution in [0.25, 0.3) is 0 Å². The van der Waals surface area contributed by atoms with E-state index in [-0.39, 0.29) is 21.6 Å². The van der Waals surface area contributed by atoms with E-state index in [1.807, 2.05) is 4.83 Å². The molecule has 2 rings (SSSR count). The van der Waals surface area contributed by atoms with E-state index in [0.717, 1.165) is 11.3 Å². The molecule has 2 amide bonds. The first-order valence-corrected chi connectivity index (χ1v) is 8.35. The predicted octanol–water partition coefficient (Wildman–Crippen LogP) is 0.725. The molecular weight excluding hydrogens is 328 g/mol. The molecule has 0 atom stereocenters. The number of hydrazine groups is 1. The average molecular weight is 340 g/mol. The van der Waals surface area contributed by atoms with Gasteiger partial charge in [0.05, 0.1) is 4.90 Å². The van der Waals surface area contributed by atoms with Crippen LogP contribution in [0.4, 0.5) is 5.13 Å². The SMILES string of the molecule is CC(=O)Nc1nc(C(=O)NNS(=O)(=O)c2ccccc2)cs1. The molecule has 1 aromatic carbocycles. The summed E-state index contributed by atoms with van der Waals surface area (Å²) in [4.78, 5) is 28.5. The van der Waals surface area contributed by atoms with Gasteiger partial charge < -0.3 is 5.32 Å². The van der Waals surface area contributed by atoms with Gasteiger partial charge in [0, 0.05) is 12.3 Å². The van der Waals surface area contributed by atoms with Crippen molar-refractivity contribution in [3.8, 4) is 0 Å². The fourth-order valence-corrected chi connectivity index (χ4v) is 3.02.